The fourth-order valence-corrected chi connectivity index (χ4v) is 0.608. The normalized spacial score (nSPS) is 19.3. The van der Waals surface area contributed by atoms with Gasteiger partial charge in [-0.25, -0.2) is 5.84 Å². The summed E-state index contributed by atoms with van der Waals surface area (Å²) in [5.41, 5.74) is 10.5. The molecule has 1 amide bonds. The van der Waals surface area contributed by atoms with E-state index in [1.54, 1.807) is 0 Å². The molecule has 0 atom stereocenters. The van der Waals surface area contributed by atoms with Crippen molar-refractivity contribution >= 4 is 5.91 Å². The summed E-state index contributed by atoms with van der Waals surface area (Å²) in [6.45, 7) is 0.200. The van der Waals surface area contributed by atoms with Gasteiger partial charge in [-0.3, -0.25) is 9.80 Å². The standard InChI is InChI=1S/C4H9N5O/c5-2-3(6)9(7)1-8-4(2)10/h1,5-7H2,(H,8,10). The topological polar surface area (TPSA) is 110 Å². The number of nitrogens with zero attached hydrogens (tertiary/aromatic N) is 1. The van der Waals surface area contributed by atoms with Crippen LogP contribution in [0, 0.1) is 0 Å². The second kappa shape index (κ2) is 2.07. The first-order valence-corrected chi connectivity index (χ1v) is 2.68. The Balaban J connectivity index is 2.92. The molecule has 1 aliphatic heterocycles. The van der Waals surface area contributed by atoms with E-state index >= 15 is 0 Å². The maximum Gasteiger partial charge on any atom is 0.272 e. The van der Waals surface area contributed by atoms with Crippen molar-refractivity contribution in [2.24, 2.45) is 17.3 Å². The number of carbonyl (C=O) groups excluding carboxylic acids is 1. The highest BCUT2D eigenvalue weighted by atomic mass is 16.2. The lowest BCUT2D eigenvalue weighted by Gasteiger charge is -2.24. The van der Waals surface area contributed by atoms with Crippen LogP contribution in [0.15, 0.2) is 11.5 Å². The van der Waals surface area contributed by atoms with Crippen molar-refractivity contribution in [3.05, 3.63) is 11.5 Å². The van der Waals surface area contributed by atoms with E-state index in [9.17, 15) is 4.79 Å². The van der Waals surface area contributed by atoms with Crippen LogP contribution in [0.4, 0.5) is 0 Å². The van der Waals surface area contributed by atoms with Gasteiger partial charge in [-0.1, -0.05) is 0 Å². The van der Waals surface area contributed by atoms with E-state index in [0.29, 0.717) is 0 Å². The molecule has 0 aromatic rings. The Hall–Kier alpha value is -1.43. The highest BCUT2D eigenvalue weighted by Gasteiger charge is 2.18. The van der Waals surface area contributed by atoms with Crippen molar-refractivity contribution in [3.8, 4) is 0 Å². The third kappa shape index (κ3) is 0.841. The van der Waals surface area contributed by atoms with Gasteiger partial charge in [0.15, 0.2) is 0 Å². The number of rotatable bonds is 0. The lowest BCUT2D eigenvalue weighted by molar-refractivity contribution is -0.119. The largest absolute Gasteiger partial charge is 0.391 e. The minimum atomic E-state index is -0.376. The van der Waals surface area contributed by atoms with Gasteiger partial charge in [-0.05, 0) is 0 Å². The molecule has 56 valence electrons. The number of nitrogens with one attached hydrogen (secondary N) is 1. The van der Waals surface area contributed by atoms with Gasteiger partial charge in [0, 0.05) is 0 Å². The molecule has 0 aromatic heterocycles. The molecule has 1 heterocycles. The molecule has 0 spiro atoms. The maximum atomic E-state index is 10.7. The van der Waals surface area contributed by atoms with Gasteiger partial charge < -0.3 is 16.8 Å². The van der Waals surface area contributed by atoms with Crippen molar-refractivity contribution < 1.29 is 4.79 Å². The smallest absolute Gasteiger partial charge is 0.272 e. The second-order valence-electron chi connectivity index (χ2n) is 1.93. The zero-order chi connectivity index (χ0) is 7.72. The van der Waals surface area contributed by atoms with E-state index in [1.807, 2.05) is 0 Å². The predicted octanol–water partition coefficient (Wildman–Crippen LogP) is -2.66. The molecule has 0 aliphatic carbocycles. The SMILES string of the molecule is NC1=C(N)N(N)CNC1=O. The fourth-order valence-electron chi connectivity index (χ4n) is 0.608. The number of carbonyl (C=O) groups is 1. The second-order valence-corrected chi connectivity index (χ2v) is 1.93. The maximum absolute atomic E-state index is 10.7. The van der Waals surface area contributed by atoms with Crippen LogP contribution in [0.3, 0.4) is 0 Å². The van der Waals surface area contributed by atoms with Crippen molar-refractivity contribution in [2.45, 2.75) is 0 Å². The molecule has 1 aliphatic rings. The monoisotopic (exact) mass is 143 g/mol. The van der Waals surface area contributed by atoms with Crippen molar-refractivity contribution in [2.75, 3.05) is 6.67 Å². The minimum absolute atomic E-state index is 0.0336. The molecule has 0 aromatic carbocycles. The van der Waals surface area contributed by atoms with Gasteiger partial charge in [0.25, 0.3) is 5.91 Å². The van der Waals surface area contributed by atoms with Gasteiger partial charge in [0.2, 0.25) is 0 Å². The third-order valence-electron chi connectivity index (χ3n) is 1.24. The Bertz CT molecular complexity index is 198. The molecule has 1 rings (SSSR count). The molecule has 0 unspecified atom stereocenters. The Morgan fingerprint density at radius 3 is 2.60 bits per heavy atom. The Morgan fingerprint density at radius 1 is 1.50 bits per heavy atom. The van der Waals surface area contributed by atoms with Gasteiger partial charge >= 0.3 is 0 Å². The summed E-state index contributed by atoms with van der Waals surface area (Å²) in [6, 6.07) is 0. The first-order chi connectivity index (χ1) is 4.63. The van der Waals surface area contributed by atoms with E-state index in [0.717, 1.165) is 5.01 Å². The van der Waals surface area contributed by atoms with Crippen molar-refractivity contribution in [1.82, 2.24) is 10.3 Å². The van der Waals surface area contributed by atoms with Crippen molar-refractivity contribution in [1.29, 1.82) is 0 Å². The van der Waals surface area contributed by atoms with Gasteiger partial charge in [-0.2, -0.15) is 0 Å². The van der Waals surface area contributed by atoms with Crippen LogP contribution in [-0.4, -0.2) is 17.6 Å². The lowest BCUT2D eigenvalue weighted by Crippen LogP contribution is -2.51. The first kappa shape index (κ1) is 6.69. The zero-order valence-electron chi connectivity index (χ0n) is 5.29. The summed E-state index contributed by atoms with van der Waals surface area (Å²) >= 11 is 0. The van der Waals surface area contributed by atoms with Crippen LogP contribution in [0.2, 0.25) is 0 Å². The number of amides is 1. The summed E-state index contributed by atoms with van der Waals surface area (Å²) in [4.78, 5) is 10.7. The van der Waals surface area contributed by atoms with Crippen LogP contribution in [0.1, 0.15) is 0 Å². The molecule has 0 fully saturated rings. The molecule has 10 heavy (non-hydrogen) atoms. The van der Waals surface area contributed by atoms with E-state index in [1.165, 1.54) is 0 Å². The van der Waals surface area contributed by atoms with E-state index in [2.05, 4.69) is 5.32 Å². The first-order valence-electron chi connectivity index (χ1n) is 2.68. The molecular weight excluding hydrogens is 134 g/mol. The fraction of sp³-hybridized carbons (Fsp3) is 0.250. The summed E-state index contributed by atoms with van der Waals surface area (Å²) in [5.74, 6) is 5.03. The molecule has 0 saturated carbocycles. The zero-order valence-corrected chi connectivity index (χ0v) is 5.29. The average molecular weight is 143 g/mol. The summed E-state index contributed by atoms with van der Waals surface area (Å²) in [5, 5.41) is 3.57. The van der Waals surface area contributed by atoms with Crippen LogP contribution in [-0.2, 0) is 4.79 Å². The predicted molar refractivity (Wildman–Crippen MR) is 34.4 cm³/mol. The van der Waals surface area contributed by atoms with Crippen LogP contribution >= 0.6 is 0 Å². The Labute approximate surface area is 57.6 Å². The minimum Gasteiger partial charge on any atom is -0.391 e. The number of nitrogens with two attached hydrogens (primary N) is 3. The molecular formula is C4H9N5O. The van der Waals surface area contributed by atoms with Crippen LogP contribution in [0.25, 0.3) is 0 Å². The number of hydrogen-bond donors (Lipinski definition) is 4. The van der Waals surface area contributed by atoms with E-state index in [4.69, 9.17) is 17.3 Å². The quantitative estimate of drug-likeness (QED) is 0.276. The van der Waals surface area contributed by atoms with E-state index < -0.39 is 0 Å². The third-order valence-corrected chi connectivity index (χ3v) is 1.24. The molecule has 6 nitrogen and oxygen atoms in total. The Morgan fingerprint density at radius 2 is 2.10 bits per heavy atom. The van der Waals surface area contributed by atoms with Crippen LogP contribution in [0.5, 0.6) is 0 Å². The van der Waals surface area contributed by atoms with E-state index in [-0.39, 0.29) is 24.1 Å². The lowest BCUT2D eigenvalue weighted by atomic mass is 10.3. The molecule has 6 heteroatoms. The number of hydrazine groups is 1. The van der Waals surface area contributed by atoms with Crippen molar-refractivity contribution in [3.63, 3.8) is 0 Å². The van der Waals surface area contributed by atoms with Gasteiger partial charge in [0.05, 0.1) is 0 Å². The highest BCUT2D eigenvalue weighted by molar-refractivity contribution is 5.93. The summed E-state index contributed by atoms with van der Waals surface area (Å²) in [6.07, 6.45) is 0. The highest BCUT2D eigenvalue weighted by Crippen LogP contribution is 1.98. The van der Waals surface area contributed by atoms with Gasteiger partial charge in [0.1, 0.15) is 18.2 Å². The Kier molecular flexibility index (Phi) is 1.38. The summed E-state index contributed by atoms with van der Waals surface area (Å²) < 4.78 is 0. The van der Waals surface area contributed by atoms with Gasteiger partial charge in [-0.15, -0.1) is 0 Å². The molecule has 0 radical (unpaired) electrons. The average Bonchev–Trinajstić information content (AvgIpc) is 1.93. The molecule has 0 bridgehead atoms. The molecule has 0 saturated heterocycles. The molecule has 7 N–H and O–H groups in total. The number of hydrogen-bond acceptors (Lipinski definition) is 5. The van der Waals surface area contributed by atoms with Crippen LogP contribution < -0.4 is 22.6 Å². The summed E-state index contributed by atoms with van der Waals surface area (Å²) in [7, 11) is 0.